The van der Waals surface area contributed by atoms with E-state index in [0.717, 1.165) is 6.42 Å². The molecule has 0 saturated heterocycles. The van der Waals surface area contributed by atoms with Crippen molar-refractivity contribution in [3.05, 3.63) is 101 Å². The number of hydrazine groups is 1. The SMILES string of the molecule is O=C(NNC(=S)NCCc1ccccc1)c1ccc(NC(=O)c2ccc(F)cc2)cc1. The number of hydrogen-bond donors (Lipinski definition) is 4. The zero-order valence-electron chi connectivity index (χ0n) is 16.5. The molecule has 0 atom stereocenters. The van der Waals surface area contributed by atoms with Gasteiger partial charge in [0.05, 0.1) is 0 Å². The summed E-state index contributed by atoms with van der Waals surface area (Å²) < 4.78 is 13.0. The Morgan fingerprint density at radius 1 is 0.774 bits per heavy atom. The quantitative estimate of drug-likeness (QED) is 0.352. The minimum atomic E-state index is -0.411. The Morgan fingerprint density at radius 2 is 1.39 bits per heavy atom. The van der Waals surface area contributed by atoms with Gasteiger partial charge in [-0.25, -0.2) is 4.39 Å². The maximum Gasteiger partial charge on any atom is 0.269 e. The Hall–Kier alpha value is -3.78. The lowest BCUT2D eigenvalue weighted by molar-refractivity contribution is 0.0943. The molecule has 8 heteroatoms. The molecule has 6 nitrogen and oxygen atoms in total. The molecule has 0 bridgehead atoms. The van der Waals surface area contributed by atoms with Gasteiger partial charge in [0.1, 0.15) is 5.82 Å². The number of benzene rings is 3. The first-order valence-corrected chi connectivity index (χ1v) is 9.97. The first-order chi connectivity index (χ1) is 15.0. The fourth-order valence-electron chi connectivity index (χ4n) is 2.70. The average molecular weight is 437 g/mol. The number of rotatable bonds is 6. The van der Waals surface area contributed by atoms with Crippen LogP contribution >= 0.6 is 12.2 Å². The normalized spacial score (nSPS) is 10.1. The minimum Gasteiger partial charge on any atom is -0.361 e. The van der Waals surface area contributed by atoms with Crippen molar-refractivity contribution in [3.63, 3.8) is 0 Å². The van der Waals surface area contributed by atoms with Crippen molar-refractivity contribution in [3.8, 4) is 0 Å². The summed E-state index contributed by atoms with van der Waals surface area (Å²) in [4.78, 5) is 24.4. The molecule has 0 aliphatic rings. The fourth-order valence-corrected chi connectivity index (χ4v) is 2.86. The number of nitrogens with one attached hydrogen (secondary N) is 4. The lowest BCUT2D eigenvalue weighted by atomic mass is 10.1. The van der Waals surface area contributed by atoms with Crippen LogP contribution in [0.1, 0.15) is 26.3 Å². The number of halogens is 1. The van der Waals surface area contributed by atoms with Gasteiger partial charge < -0.3 is 10.6 Å². The molecule has 0 fully saturated rings. The van der Waals surface area contributed by atoms with Crippen LogP contribution in [0.25, 0.3) is 0 Å². The largest absolute Gasteiger partial charge is 0.361 e. The van der Waals surface area contributed by atoms with Gasteiger partial charge in [0, 0.05) is 23.4 Å². The molecule has 4 N–H and O–H groups in total. The zero-order chi connectivity index (χ0) is 22.1. The van der Waals surface area contributed by atoms with Gasteiger partial charge >= 0.3 is 0 Å². The van der Waals surface area contributed by atoms with Crippen LogP contribution in [0, 0.1) is 5.82 Å². The lowest BCUT2D eigenvalue weighted by Crippen LogP contribution is -2.47. The zero-order valence-corrected chi connectivity index (χ0v) is 17.3. The molecule has 0 aliphatic heterocycles. The average Bonchev–Trinajstić information content (AvgIpc) is 2.79. The first-order valence-electron chi connectivity index (χ1n) is 9.56. The highest BCUT2D eigenvalue weighted by molar-refractivity contribution is 7.80. The van der Waals surface area contributed by atoms with Crippen LogP contribution in [0.3, 0.4) is 0 Å². The van der Waals surface area contributed by atoms with Crippen molar-refractivity contribution in [2.45, 2.75) is 6.42 Å². The molecule has 3 aromatic rings. The van der Waals surface area contributed by atoms with Crippen LogP contribution in [0.2, 0.25) is 0 Å². The second kappa shape index (κ2) is 10.8. The van der Waals surface area contributed by atoms with Crippen molar-refractivity contribution >= 4 is 34.8 Å². The van der Waals surface area contributed by atoms with E-state index < -0.39 is 5.82 Å². The highest BCUT2D eigenvalue weighted by atomic mass is 32.1. The topological polar surface area (TPSA) is 82.3 Å². The number of hydrogen-bond acceptors (Lipinski definition) is 3. The molecule has 0 aromatic heterocycles. The minimum absolute atomic E-state index is 0.312. The third-order valence-electron chi connectivity index (χ3n) is 4.34. The Balaban J connectivity index is 1.42. The van der Waals surface area contributed by atoms with E-state index in [1.807, 2.05) is 30.3 Å². The summed E-state index contributed by atoms with van der Waals surface area (Å²) in [5.74, 6) is -1.15. The molecule has 2 amide bonds. The number of anilines is 1. The highest BCUT2D eigenvalue weighted by Gasteiger charge is 2.09. The molecule has 3 rings (SSSR count). The van der Waals surface area contributed by atoms with Gasteiger partial charge in [-0.3, -0.25) is 20.4 Å². The van der Waals surface area contributed by atoms with Crippen LogP contribution in [-0.2, 0) is 6.42 Å². The molecule has 0 heterocycles. The molecule has 158 valence electrons. The van der Waals surface area contributed by atoms with Crippen LogP contribution in [0.4, 0.5) is 10.1 Å². The van der Waals surface area contributed by atoms with E-state index in [2.05, 4.69) is 21.5 Å². The summed E-state index contributed by atoms with van der Waals surface area (Å²) in [6.07, 6.45) is 0.807. The van der Waals surface area contributed by atoms with Crippen molar-refractivity contribution in [2.24, 2.45) is 0 Å². The van der Waals surface area contributed by atoms with E-state index in [1.165, 1.54) is 29.8 Å². The van der Waals surface area contributed by atoms with E-state index in [0.29, 0.717) is 28.5 Å². The third-order valence-corrected chi connectivity index (χ3v) is 4.59. The van der Waals surface area contributed by atoms with Crippen molar-refractivity contribution in [1.82, 2.24) is 16.2 Å². The molecule has 0 unspecified atom stereocenters. The Bertz CT molecular complexity index is 1040. The van der Waals surface area contributed by atoms with E-state index in [-0.39, 0.29) is 11.8 Å². The van der Waals surface area contributed by atoms with Crippen molar-refractivity contribution < 1.29 is 14.0 Å². The fraction of sp³-hybridized carbons (Fsp3) is 0.0870. The molecular formula is C23H21FN4O2S. The highest BCUT2D eigenvalue weighted by Crippen LogP contribution is 2.12. The molecule has 3 aromatic carbocycles. The Morgan fingerprint density at radius 3 is 2.06 bits per heavy atom. The second-order valence-electron chi connectivity index (χ2n) is 6.61. The van der Waals surface area contributed by atoms with Gasteiger partial charge in [-0.05, 0) is 72.7 Å². The van der Waals surface area contributed by atoms with Gasteiger partial charge in [0.2, 0.25) is 0 Å². The van der Waals surface area contributed by atoms with Crippen LogP contribution in [0.5, 0.6) is 0 Å². The van der Waals surface area contributed by atoms with Gasteiger partial charge in [-0.2, -0.15) is 0 Å². The predicted octanol–water partition coefficient (Wildman–Crippen LogP) is 3.43. The monoisotopic (exact) mass is 436 g/mol. The lowest BCUT2D eigenvalue weighted by Gasteiger charge is -2.12. The maximum absolute atomic E-state index is 13.0. The third kappa shape index (κ3) is 6.90. The first kappa shape index (κ1) is 21.9. The summed E-state index contributed by atoms with van der Waals surface area (Å²) in [5.41, 5.74) is 7.61. The number of thiocarbonyl (C=S) groups is 1. The summed E-state index contributed by atoms with van der Waals surface area (Å²) in [7, 11) is 0. The summed E-state index contributed by atoms with van der Waals surface area (Å²) >= 11 is 5.15. The maximum atomic E-state index is 13.0. The van der Waals surface area contributed by atoms with E-state index in [1.54, 1.807) is 24.3 Å². The summed E-state index contributed by atoms with van der Waals surface area (Å²) in [5, 5.41) is 6.03. The van der Waals surface area contributed by atoms with Crippen LogP contribution in [-0.4, -0.2) is 23.5 Å². The summed E-state index contributed by atoms with van der Waals surface area (Å²) in [6, 6.07) is 21.6. The molecule has 0 radical (unpaired) electrons. The van der Waals surface area contributed by atoms with Crippen LogP contribution in [0.15, 0.2) is 78.9 Å². The molecule has 0 spiro atoms. The Labute approximate surface area is 184 Å². The van der Waals surface area contributed by atoms with Crippen molar-refractivity contribution in [2.75, 3.05) is 11.9 Å². The van der Waals surface area contributed by atoms with E-state index >= 15 is 0 Å². The predicted molar refractivity (Wildman–Crippen MR) is 122 cm³/mol. The second-order valence-corrected chi connectivity index (χ2v) is 7.02. The smallest absolute Gasteiger partial charge is 0.269 e. The van der Waals surface area contributed by atoms with Gasteiger partial charge in [0.15, 0.2) is 5.11 Å². The van der Waals surface area contributed by atoms with Gasteiger partial charge in [-0.1, -0.05) is 30.3 Å². The van der Waals surface area contributed by atoms with E-state index in [4.69, 9.17) is 12.2 Å². The van der Waals surface area contributed by atoms with Crippen molar-refractivity contribution in [1.29, 1.82) is 0 Å². The molecule has 31 heavy (non-hydrogen) atoms. The number of carbonyl (C=O) groups excluding carboxylic acids is 2. The van der Waals surface area contributed by atoms with E-state index in [9.17, 15) is 14.0 Å². The number of carbonyl (C=O) groups is 2. The van der Waals surface area contributed by atoms with Gasteiger partial charge in [0.25, 0.3) is 11.8 Å². The molecule has 0 aliphatic carbocycles. The summed E-state index contributed by atoms with van der Waals surface area (Å²) in [6.45, 7) is 0.633. The molecular weight excluding hydrogens is 415 g/mol. The standard InChI is InChI=1S/C23H21FN4O2S/c24-19-10-6-17(7-11-19)21(29)26-20-12-8-18(9-13-20)22(30)27-28-23(31)25-15-14-16-4-2-1-3-5-16/h1-13H,14-15H2,(H,26,29)(H,27,30)(H2,25,28,31). The number of amides is 2. The van der Waals surface area contributed by atoms with Gasteiger partial charge in [-0.15, -0.1) is 0 Å². The van der Waals surface area contributed by atoms with Crippen LogP contribution < -0.4 is 21.5 Å². The Kier molecular flexibility index (Phi) is 7.67. The molecule has 0 saturated carbocycles.